The third-order valence-corrected chi connectivity index (χ3v) is 6.71. The van der Waals surface area contributed by atoms with E-state index in [-0.39, 0.29) is 11.9 Å². The number of likely N-dealkylation sites (tertiary alicyclic amines) is 1. The second kappa shape index (κ2) is 8.64. The van der Waals surface area contributed by atoms with E-state index in [1.807, 2.05) is 18.2 Å². The monoisotopic (exact) mass is 411 g/mol. The highest BCUT2D eigenvalue weighted by atomic mass is 16.2. The fraction of sp³-hybridized carbons (Fsp3) is 0.333. The Hall–Kier alpha value is -2.98. The van der Waals surface area contributed by atoms with E-state index in [4.69, 9.17) is 5.10 Å². The largest absolute Gasteiger partial charge is 0.292 e. The van der Waals surface area contributed by atoms with Crippen LogP contribution in [0.25, 0.3) is 10.8 Å². The zero-order valence-electron chi connectivity index (χ0n) is 18.1. The second-order valence-electron chi connectivity index (χ2n) is 8.79. The van der Waals surface area contributed by atoms with E-state index in [0.29, 0.717) is 12.6 Å². The fourth-order valence-corrected chi connectivity index (χ4v) is 4.86. The molecule has 5 rings (SSSR count). The average Bonchev–Trinajstić information content (AvgIpc) is 3.27. The van der Waals surface area contributed by atoms with Gasteiger partial charge in [0, 0.05) is 12.5 Å². The van der Waals surface area contributed by atoms with Crippen molar-refractivity contribution in [1.82, 2.24) is 9.91 Å². The number of carbonyl (C=O) groups excluding carboxylic acids is 1. The lowest BCUT2D eigenvalue weighted by atomic mass is 9.97. The van der Waals surface area contributed by atoms with E-state index in [1.54, 1.807) is 5.01 Å². The number of hydrogen-bond donors (Lipinski definition) is 0. The van der Waals surface area contributed by atoms with E-state index in [0.717, 1.165) is 29.8 Å². The van der Waals surface area contributed by atoms with Crippen molar-refractivity contribution in [2.45, 2.75) is 44.7 Å². The first kappa shape index (κ1) is 20.0. The van der Waals surface area contributed by atoms with Gasteiger partial charge < -0.3 is 0 Å². The molecule has 0 aromatic heterocycles. The van der Waals surface area contributed by atoms with Crippen molar-refractivity contribution in [2.24, 2.45) is 5.10 Å². The lowest BCUT2D eigenvalue weighted by molar-refractivity contribution is -0.135. The number of piperidine rings is 1. The average molecular weight is 412 g/mol. The number of carbonyl (C=O) groups is 1. The van der Waals surface area contributed by atoms with Crippen LogP contribution in [-0.2, 0) is 4.79 Å². The summed E-state index contributed by atoms with van der Waals surface area (Å²) in [6.45, 7) is 3.67. The van der Waals surface area contributed by atoms with Gasteiger partial charge in [-0.15, -0.1) is 0 Å². The number of nitrogens with zero attached hydrogens (tertiary/aromatic N) is 3. The SMILES string of the molecule is C[C@H]1CCCCN1CC(=O)N1N=C(c2ccc3ccccc3c2)C[C@H]1c1ccccc1. The van der Waals surface area contributed by atoms with E-state index in [9.17, 15) is 4.79 Å². The topological polar surface area (TPSA) is 35.9 Å². The Morgan fingerprint density at radius 2 is 1.74 bits per heavy atom. The predicted octanol–water partition coefficient (Wildman–Crippen LogP) is 5.39. The summed E-state index contributed by atoms with van der Waals surface area (Å²) in [6, 6.07) is 25.6. The Labute approximate surface area is 184 Å². The lowest BCUT2D eigenvalue weighted by Gasteiger charge is -2.34. The molecule has 0 aliphatic carbocycles. The fourth-order valence-electron chi connectivity index (χ4n) is 4.86. The minimum atomic E-state index is -0.0460. The molecule has 0 bridgehead atoms. The van der Waals surface area contributed by atoms with Crippen molar-refractivity contribution < 1.29 is 4.79 Å². The molecule has 0 radical (unpaired) electrons. The van der Waals surface area contributed by atoms with Crippen LogP contribution in [0.1, 0.15) is 49.8 Å². The van der Waals surface area contributed by atoms with Gasteiger partial charge in [-0.1, -0.05) is 73.2 Å². The van der Waals surface area contributed by atoms with Crippen LogP contribution in [0.15, 0.2) is 77.9 Å². The molecule has 2 heterocycles. The highest BCUT2D eigenvalue weighted by Gasteiger charge is 2.34. The summed E-state index contributed by atoms with van der Waals surface area (Å²) in [7, 11) is 0. The van der Waals surface area contributed by atoms with Crippen molar-refractivity contribution in [3.05, 3.63) is 83.9 Å². The van der Waals surface area contributed by atoms with Crippen molar-refractivity contribution in [1.29, 1.82) is 0 Å². The van der Waals surface area contributed by atoms with Crippen molar-refractivity contribution in [2.75, 3.05) is 13.1 Å². The summed E-state index contributed by atoms with van der Waals surface area (Å²) in [4.78, 5) is 15.7. The molecule has 1 saturated heterocycles. The summed E-state index contributed by atoms with van der Waals surface area (Å²) in [5.74, 6) is 0.0957. The molecule has 0 N–H and O–H groups in total. The van der Waals surface area contributed by atoms with Gasteiger partial charge in [-0.05, 0) is 54.3 Å². The van der Waals surface area contributed by atoms with Gasteiger partial charge in [-0.3, -0.25) is 9.69 Å². The van der Waals surface area contributed by atoms with Crippen LogP contribution in [0.5, 0.6) is 0 Å². The standard InChI is InChI=1S/C27H29N3O/c1-20-9-7-8-16-29(20)19-27(31)30-26(22-11-3-2-4-12-22)18-25(28-30)24-15-14-21-10-5-6-13-23(21)17-24/h2-6,10-15,17,20,26H,7-9,16,18-19H2,1H3/t20-,26-/m0/s1. The third-order valence-electron chi connectivity index (χ3n) is 6.71. The summed E-state index contributed by atoms with van der Waals surface area (Å²) in [5.41, 5.74) is 3.23. The Morgan fingerprint density at radius 1 is 0.968 bits per heavy atom. The molecule has 0 saturated carbocycles. The van der Waals surface area contributed by atoms with E-state index in [2.05, 4.69) is 66.4 Å². The molecule has 2 aliphatic rings. The van der Waals surface area contributed by atoms with Crippen LogP contribution in [0.2, 0.25) is 0 Å². The minimum Gasteiger partial charge on any atom is -0.292 e. The van der Waals surface area contributed by atoms with E-state index >= 15 is 0 Å². The van der Waals surface area contributed by atoms with E-state index < -0.39 is 0 Å². The Balaban J connectivity index is 1.45. The van der Waals surface area contributed by atoms with Gasteiger partial charge in [0.15, 0.2) is 0 Å². The van der Waals surface area contributed by atoms with Crippen LogP contribution in [0.4, 0.5) is 0 Å². The lowest BCUT2D eigenvalue weighted by Crippen LogP contribution is -2.44. The first-order valence-corrected chi connectivity index (χ1v) is 11.4. The predicted molar refractivity (Wildman–Crippen MR) is 126 cm³/mol. The number of fused-ring (bicyclic) bond motifs is 1. The number of hydrazone groups is 1. The zero-order chi connectivity index (χ0) is 21.2. The first-order chi connectivity index (χ1) is 15.2. The molecule has 158 valence electrons. The Morgan fingerprint density at radius 3 is 2.55 bits per heavy atom. The molecule has 3 aromatic carbocycles. The number of hydrogen-bond acceptors (Lipinski definition) is 3. The van der Waals surface area contributed by atoms with Crippen molar-refractivity contribution >= 4 is 22.4 Å². The van der Waals surface area contributed by atoms with Gasteiger partial charge in [0.05, 0.1) is 18.3 Å². The smallest absolute Gasteiger partial charge is 0.257 e. The molecule has 1 fully saturated rings. The highest BCUT2D eigenvalue weighted by molar-refractivity contribution is 6.05. The van der Waals surface area contributed by atoms with Gasteiger partial charge >= 0.3 is 0 Å². The molecule has 2 atom stereocenters. The van der Waals surface area contributed by atoms with Gasteiger partial charge in [0.25, 0.3) is 5.91 Å². The molecule has 4 nitrogen and oxygen atoms in total. The molecular formula is C27H29N3O. The van der Waals surface area contributed by atoms with Crippen LogP contribution in [0.3, 0.4) is 0 Å². The van der Waals surface area contributed by atoms with Crippen molar-refractivity contribution in [3.63, 3.8) is 0 Å². The number of rotatable bonds is 4. The molecule has 4 heteroatoms. The first-order valence-electron chi connectivity index (χ1n) is 11.4. The third kappa shape index (κ3) is 4.13. The van der Waals surface area contributed by atoms with Gasteiger partial charge in [0.1, 0.15) is 0 Å². The maximum absolute atomic E-state index is 13.4. The number of benzene rings is 3. The molecule has 3 aromatic rings. The minimum absolute atomic E-state index is 0.0460. The van der Waals surface area contributed by atoms with Crippen LogP contribution in [0, 0.1) is 0 Å². The molecular weight excluding hydrogens is 382 g/mol. The molecule has 0 unspecified atom stereocenters. The maximum atomic E-state index is 13.4. The van der Waals surface area contributed by atoms with Crippen LogP contribution >= 0.6 is 0 Å². The normalized spacial score (nSPS) is 22.0. The summed E-state index contributed by atoms with van der Waals surface area (Å²) in [5, 5.41) is 9.06. The molecule has 0 spiro atoms. The summed E-state index contributed by atoms with van der Waals surface area (Å²) < 4.78 is 0. The summed E-state index contributed by atoms with van der Waals surface area (Å²) in [6.07, 6.45) is 4.34. The van der Waals surface area contributed by atoms with E-state index in [1.165, 1.54) is 30.0 Å². The van der Waals surface area contributed by atoms with Crippen molar-refractivity contribution in [3.8, 4) is 0 Å². The molecule has 2 aliphatic heterocycles. The van der Waals surface area contributed by atoms with Gasteiger partial charge in [0.2, 0.25) is 0 Å². The van der Waals surface area contributed by atoms with Gasteiger partial charge in [-0.2, -0.15) is 5.10 Å². The zero-order valence-corrected chi connectivity index (χ0v) is 18.1. The molecule has 1 amide bonds. The quantitative estimate of drug-likeness (QED) is 0.577. The summed E-state index contributed by atoms with van der Waals surface area (Å²) >= 11 is 0. The Kier molecular flexibility index (Phi) is 5.56. The highest BCUT2D eigenvalue weighted by Crippen LogP contribution is 2.33. The Bertz CT molecular complexity index is 1110. The second-order valence-corrected chi connectivity index (χ2v) is 8.79. The number of amides is 1. The van der Waals surface area contributed by atoms with Gasteiger partial charge in [-0.25, -0.2) is 5.01 Å². The molecule has 31 heavy (non-hydrogen) atoms. The maximum Gasteiger partial charge on any atom is 0.257 e. The van der Waals surface area contributed by atoms with Crippen LogP contribution < -0.4 is 0 Å². The van der Waals surface area contributed by atoms with Crippen LogP contribution in [-0.4, -0.2) is 40.7 Å².